The number of carbonyl (C=O) groups is 3. The maximum atomic E-state index is 15.6. The molecule has 1 saturated heterocycles. The van der Waals surface area contributed by atoms with E-state index in [-0.39, 0.29) is 38.4 Å². The summed E-state index contributed by atoms with van der Waals surface area (Å²) < 4.78 is 43.7. The van der Waals surface area contributed by atoms with Crippen LogP contribution in [0.3, 0.4) is 0 Å². The van der Waals surface area contributed by atoms with Crippen LogP contribution in [0.5, 0.6) is 0 Å². The van der Waals surface area contributed by atoms with Gasteiger partial charge < -0.3 is 15.0 Å². The fraction of sp³-hybridized carbons (Fsp3) is 0.536. The van der Waals surface area contributed by atoms with Gasteiger partial charge in [-0.1, -0.05) is 35.9 Å². The van der Waals surface area contributed by atoms with Crippen LogP contribution < -0.4 is 5.32 Å². The first kappa shape index (κ1) is 31.6. The van der Waals surface area contributed by atoms with Gasteiger partial charge in [-0.15, -0.1) is 0 Å². The summed E-state index contributed by atoms with van der Waals surface area (Å²) in [7, 11) is -3.38. The van der Waals surface area contributed by atoms with E-state index in [9.17, 15) is 22.8 Å². The van der Waals surface area contributed by atoms with Gasteiger partial charge in [-0.25, -0.2) is 17.6 Å². The second-order valence-corrected chi connectivity index (χ2v) is 13.6. The van der Waals surface area contributed by atoms with Gasteiger partial charge in [0.2, 0.25) is 5.91 Å². The normalized spacial score (nSPS) is 20.6. The number of rotatable bonds is 6. The third-order valence-electron chi connectivity index (χ3n) is 6.69. The van der Waals surface area contributed by atoms with Gasteiger partial charge in [0.1, 0.15) is 5.60 Å². The highest BCUT2D eigenvalue weighted by Crippen LogP contribution is 2.37. The minimum absolute atomic E-state index is 0.0262. The molecule has 0 spiro atoms. The highest BCUT2D eigenvalue weighted by molar-refractivity contribution is 7.93. The van der Waals surface area contributed by atoms with Crippen LogP contribution in [-0.4, -0.2) is 79.3 Å². The van der Waals surface area contributed by atoms with Crippen LogP contribution >= 0.6 is 11.6 Å². The lowest BCUT2D eigenvalue weighted by molar-refractivity contribution is -0.143. The van der Waals surface area contributed by atoms with Gasteiger partial charge >= 0.3 is 6.09 Å². The molecule has 1 unspecified atom stereocenters. The predicted octanol–water partition coefficient (Wildman–Crippen LogP) is 4.33. The van der Waals surface area contributed by atoms with Crippen molar-refractivity contribution in [2.75, 3.05) is 25.9 Å². The molecule has 1 aromatic carbocycles. The number of nitrogens with one attached hydrogen (secondary N) is 1. The zero-order valence-corrected chi connectivity index (χ0v) is 25.0. The molecule has 2 aliphatic rings. The molecule has 0 aliphatic carbocycles. The van der Waals surface area contributed by atoms with Crippen molar-refractivity contribution >= 4 is 44.9 Å². The molecule has 220 valence electrons. The monoisotopic (exact) mass is 597 g/mol. The maximum Gasteiger partial charge on any atom is 0.414 e. The summed E-state index contributed by atoms with van der Waals surface area (Å²) in [5, 5.41) is 3.88. The Labute approximate surface area is 240 Å². The Balaban J connectivity index is 1.75. The first-order valence-corrected chi connectivity index (χ1v) is 15.5. The molecule has 0 radical (unpaired) electrons. The fourth-order valence-electron chi connectivity index (χ4n) is 4.59. The third kappa shape index (κ3) is 8.30. The molecule has 40 heavy (non-hydrogen) atoms. The van der Waals surface area contributed by atoms with Gasteiger partial charge in [0.25, 0.3) is 5.91 Å². The number of hydrogen-bond acceptors (Lipinski definition) is 6. The SMILES string of the molecule is C[C@H](/C=C\S(C)(=O)=O)NC(=O)C1(F)CCN(C(=O)C2CCN(C(=O)OC(C)(C)C)C=C2c2ccccc2Cl)CC1. The Morgan fingerprint density at radius 3 is 2.38 bits per heavy atom. The molecule has 2 heterocycles. The number of alkyl halides is 1. The van der Waals surface area contributed by atoms with Gasteiger partial charge in [0, 0.05) is 61.4 Å². The lowest BCUT2D eigenvalue weighted by Gasteiger charge is -2.39. The Bertz CT molecular complexity index is 1300. The van der Waals surface area contributed by atoms with Crippen LogP contribution in [-0.2, 0) is 24.2 Å². The van der Waals surface area contributed by atoms with Crippen LogP contribution in [0.1, 0.15) is 52.5 Å². The molecule has 1 fully saturated rings. The Kier molecular flexibility index (Phi) is 9.72. The number of carbonyl (C=O) groups excluding carboxylic acids is 3. The topological polar surface area (TPSA) is 113 Å². The van der Waals surface area contributed by atoms with Gasteiger partial charge in [-0.05, 0) is 51.3 Å². The number of halogens is 2. The number of sulfone groups is 1. The van der Waals surface area contributed by atoms with E-state index in [0.29, 0.717) is 22.6 Å². The molecule has 12 heteroatoms. The number of ether oxygens (including phenoxy) is 1. The predicted molar refractivity (Wildman–Crippen MR) is 152 cm³/mol. The van der Waals surface area contributed by atoms with E-state index in [2.05, 4.69) is 5.32 Å². The van der Waals surface area contributed by atoms with Crippen molar-refractivity contribution in [3.63, 3.8) is 0 Å². The fourth-order valence-corrected chi connectivity index (χ4v) is 5.36. The standard InChI is InChI=1S/C28H37ClFN3O6S/c1-19(11-17-40(5,37)38)31-25(35)28(30)12-15-32(16-13-28)24(34)21-10-14-33(26(36)39-27(2,3)4)18-22(21)20-8-6-7-9-23(20)29/h6-9,11,17-19,21H,10,12-16H2,1-5H3,(H,31,35)/b17-11-/t19-,21?/m1/s1. The zero-order chi connectivity index (χ0) is 29.9. The van der Waals surface area contributed by atoms with Crippen LogP contribution in [0.15, 0.2) is 41.9 Å². The summed E-state index contributed by atoms with van der Waals surface area (Å²) >= 11 is 6.48. The van der Waals surface area contributed by atoms with Gasteiger partial charge in [-0.2, -0.15) is 0 Å². The van der Waals surface area contributed by atoms with Crippen LogP contribution in [0.25, 0.3) is 5.57 Å². The summed E-state index contributed by atoms with van der Waals surface area (Å²) in [5.74, 6) is -1.70. The van der Waals surface area contributed by atoms with E-state index in [4.69, 9.17) is 16.3 Å². The average Bonchev–Trinajstić information content (AvgIpc) is 2.86. The molecule has 0 aromatic heterocycles. The third-order valence-corrected chi connectivity index (χ3v) is 7.67. The molecule has 1 N–H and O–H groups in total. The van der Waals surface area contributed by atoms with Crippen molar-refractivity contribution < 1.29 is 31.9 Å². The highest BCUT2D eigenvalue weighted by atomic mass is 35.5. The van der Waals surface area contributed by atoms with Crippen LogP contribution in [0.4, 0.5) is 9.18 Å². The molecule has 2 aliphatic heterocycles. The molecule has 3 rings (SSSR count). The molecule has 2 atom stereocenters. The van der Waals surface area contributed by atoms with Gasteiger partial charge in [0.05, 0.1) is 5.92 Å². The summed E-state index contributed by atoms with van der Waals surface area (Å²) in [4.78, 5) is 42.1. The van der Waals surface area contributed by atoms with Gasteiger partial charge in [-0.3, -0.25) is 14.5 Å². The van der Waals surface area contributed by atoms with E-state index < -0.39 is 45.1 Å². The number of benzene rings is 1. The molecular weight excluding hydrogens is 561 g/mol. The first-order chi connectivity index (χ1) is 18.5. The molecule has 1 aromatic rings. The second-order valence-electron chi connectivity index (χ2n) is 11.3. The molecule has 0 saturated carbocycles. The number of nitrogens with zero attached hydrogens (tertiary/aromatic N) is 2. The molecule has 0 bridgehead atoms. The second kappa shape index (κ2) is 12.3. The Morgan fingerprint density at radius 2 is 1.80 bits per heavy atom. The first-order valence-electron chi connectivity index (χ1n) is 13.1. The molecule has 3 amide bonds. The number of piperidine rings is 1. The lowest BCUT2D eigenvalue weighted by atomic mass is 9.85. The lowest BCUT2D eigenvalue weighted by Crippen LogP contribution is -2.54. The zero-order valence-electron chi connectivity index (χ0n) is 23.4. The van der Waals surface area contributed by atoms with E-state index in [1.54, 1.807) is 58.2 Å². The highest BCUT2D eigenvalue weighted by Gasteiger charge is 2.44. The number of hydrogen-bond donors (Lipinski definition) is 1. The smallest absolute Gasteiger partial charge is 0.414 e. The Morgan fingerprint density at radius 1 is 1.18 bits per heavy atom. The Hall–Kier alpha value is -2.92. The minimum atomic E-state index is -3.38. The van der Waals surface area contributed by atoms with Crippen molar-refractivity contribution in [2.45, 2.75) is 64.3 Å². The molecule has 9 nitrogen and oxygen atoms in total. The van der Waals surface area contributed by atoms with Crippen molar-refractivity contribution in [2.24, 2.45) is 5.92 Å². The maximum absolute atomic E-state index is 15.6. The van der Waals surface area contributed by atoms with Crippen LogP contribution in [0.2, 0.25) is 5.02 Å². The van der Waals surface area contributed by atoms with Crippen LogP contribution in [0, 0.1) is 5.92 Å². The van der Waals surface area contributed by atoms with Gasteiger partial charge in [0.15, 0.2) is 15.5 Å². The summed E-state index contributed by atoms with van der Waals surface area (Å²) in [6, 6.07) is 6.35. The van der Waals surface area contributed by atoms with Crippen molar-refractivity contribution in [1.29, 1.82) is 0 Å². The van der Waals surface area contributed by atoms with E-state index in [1.165, 1.54) is 15.9 Å². The largest absolute Gasteiger partial charge is 0.443 e. The number of likely N-dealkylation sites (tertiary alicyclic amines) is 1. The minimum Gasteiger partial charge on any atom is -0.443 e. The van der Waals surface area contributed by atoms with E-state index >= 15 is 4.39 Å². The van der Waals surface area contributed by atoms with E-state index in [1.807, 2.05) is 0 Å². The van der Waals surface area contributed by atoms with Crippen molar-refractivity contribution in [1.82, 2.24) is 15.1 Å². The van der Waals surface area contributed by atoms with Crippen molar-refractivity contribution in [3.05, 3.63) is 52.5 Å². The number of amides is 3. The molecular formula is C28H37ClFN3O6S. The van der Waals surface area contributed by atoms with E-state index in [0.717, 1.165) is 11.7 Å². The summed E-state index contributed by atoms with van der Waals surface area (Å²) in [6.07, 6.45) is 3.29. The average molecular weight is 598 g/mol. The summed E-state index contributed by atoms with van der Waals surface area (Å²) in [5.41, 5.74) is -1.70. The quantitative estimate of drug-likeness (QED) is 0.522. The summed E-state index contributed by atoms with van der Waals surface area (Å²) in [6.45, 7) is 7.17. The van der Waals surface area contributed by atoms with Crippen molar-refractivity contribution in [3.8, 4) is 0 Å².